The SMILES string of the molecule is COc1ccccc1/C=C/CN(CCN1CCN(C(=O)NCc2ccccc2)CC1)C(=O)c1ccc(F)cc1. The Labute approximate surface area is 229 Å². The van der Waals surface area contributed by atoms with Gasteiger partial charge >= 0.3 is 6.03 Å². The number of piperazine rings is 1. The first kappa shape index (κ1) is 27.9. The van der Waals surface area contributed by atoms with Crippen molar-refractivity contribution in [3.05, 3.63) is 107 Å². The summed E-state index contributed by atoms with van der Waals surface area (Å²) in [7, 11) is 1.63. The fourth-order valence-electron chi connectivity index (χ4n) is 4.48. The lowest BCUT2D eigenvalue weighted by Gasteiger charge is -2.35. The molecule has 0 bridgehead atoms. The maximum absolute atomic E-state index is 13.4. The van der Waals surface area contributed by atoms with E-state index in [2.05, 4.69) is 10.2 Å². The van der Waals surface area contributed by atoms with Crippen molar-refractivity contribution in [3.8, 4) is 5.75 Å². The number of benzene rings is 3. The predicted octanol–water partition coefficient (Wildman–Crippen LogP) is 4.52. The van der Waals surface area contributed by atoms with Crippen molar-refractivity contribution in [3.63, 3.8) is 0 Å². The van der Waals surface area contributed by atoms with Gasteiger partial charge < -0.3 is 19.9 Å². The third-order valence-corrected chi connectivity index (χ3v) is 6.77. The molecule has 3 aromatic carbocycles. The quantitative estimate of drug-likeness (QED) is 0.419. The Morgan fingerprint density at radius 2 is 1.64 bits per heavy atom. The number of hydrogen-bond acceptors (Lipinski definition) is 4. The molecule has 0 aliphatic carbocycles. The number of halogens is 1. The van der Waals surface area contributed by atoms with E-state index < -0.39 is 0 Å². The van der Waals surface area contributed by atoms with Crippen molar-refractivity contribution in [1.82, 2.24) is 20.0 Å². The van der Waals surface area contributed by atoms with Crippen molar-refractivity contribution in [2.24, 2.45) is 0 Å². The monoisotopic (exact) mass is 530 g/mol. The van der Waals surface area contributed by atoms with Crippen LogP contribution in [0, 0.1) is 5.82 Å². The average molecular weight is 531 g/mol. The van der Waals surface area contributed by atoms with Crippen LogP contribution < -0.4 is 10.1 Å². The molecule has 0 aromatic heterocycles. The first-order valence-corrected chi connectivity index (χ1v) is 13.2. The third-order valence-electron chi connectivity index (χ3n) is 6.77. The smallest absolute Gasteiger partial charge is 0.317 e. The van der Waals surface area contributed by atoms with E-state index in [-0.39, 0.29) is 17.8 Å². The minimum absolute atomic E-state index is 0.0619. The summed E-state index contributed by atoms with van der Waals surface area (Å²) in [6.07, 6.45) is 3.88. The van der Waals surface area contributed by atoms with E-state index in [0.717, 1.165) is 30.0 Å². The number of methoxy groups -OCH3 is 1. The summed E-state index contributed by atoms with van der Waals surface area (Å²) in [5.41, 5.74) is 2.44. The topological polar surface area (TPSA) is 65.1 Å². The highest BCUT2D eigenvalue weighted by Gasteiger charge is 2.22. The van der Waals surface area contributed by atoms with Crippen LogP contribution in [-0.2, 0) is 6.54 Å². The van der Waals surface area contributed by atoms with Gasteiger partial charge in [0.1, 0.15) is 11.6 Å². The summed E-state index contributed by atoms with van der Waals surface area (Å²) in [6, 6.07) is 23.1. The lowest BCUT2D eigenvalue weighted by atomic mass is 10.1. The second kappa shape index (κ2) is 14.1. The number of carbonyl (C=O) groups excluding carboxylic acids is 2. The zero-order valence-corrected chi connectivity index (χ0v) is 22.3. The van der Waals surface area contributed by atoms with Crippen molar-refractivity contribution < 1.29 is 18.7 Å². The number of hydrogen-bond donors (Lipinski definition) is 1. The van der Waals surface area contributed by atoms with E-state index in [0.29, 0.717) is 44.8 Å². The van der Waals surface area contributed by atoms with Gasteiger partial charge in [0, 0.05) is 63.5 Å². The Bertz CT molecular complexity index is 1240. The van der Waals surface area contributed by atoms with Crippen molar-refractivity contribution in [2.75, 3.05) is 52.9 Å². The molecule has 3 aromatic rings. The third kappa shape index (κ3) is 8.15. The highest BCUT2D eigenvalue weighted by atomic mass is 19.1. The van der Waals surface area contributed by atoms with Gasteiger partial charge in [-0.2, -0.15) is 0 Å². The van der Waals surface area contributed by atoms with Crippen LogP contribution in [0.5, 0.6) is 5.75 Å². The van der Waals surface area contributed by atoms with Gasteiger partial charge in [-0.05, 0) is 35.9 Å². The number of ether oxygens (including phenoxy) is 1. The lowest BCUT2D eigenvalue weighted by molar-refractivity contribution is 0.0737. The van der Waals surface area contributed by atoms with Gasteiger partial charge in [0.25, 0.3) is 5.91 Å². The maximum atomic E-state index is 13.4. The Kier molecular flexibility index (Phi) is 10.1. The van der Waals surface area contributed by atoms with Crippen LogP contribution in [0.3, 0.4) is 0 Å². The molecule has 1 aliphatic heterocycles. The van der Waals surface area contributed by atoms with Crippen molar-refractivity contribution in [1.29, 1.82) is 0 Å². The van der Waals surface area contributed by atoms with Gasteiger partial charge in [-0.1, -0.05) is 60.7 Å². The first-order chi connectivity index (χ1) is 19.0. The fraction of sp³-hybridized carbons (Fsp3) is 0.290. The molecule has 3 amide bonds. The molecule has 1 fully saturated rings. The van der Waals surface area contributed by atoms with Crippen LogP contribution >= 0.6 is 0 Å². The number of nitrogens with one attached hydrogen (secondary N) is 1. The van der Waals surface area contributed by atoms with Gasteiger partial charge in [0.05, 0.1) is 7.11 Å². The maximum Gasteiger partial charge on any atom is 0.317 e. The van der Waals surface area contributed by atoms with Crippen LogP contribution in [0.4, 0.5) is 9.18 Å². The number of para-hydroxylation sites is 1. The van der Waals surface area contributed by atoms with Gasteiger partial charge in [-0.15, -0.1) is 0 Å². The number of amides is 3. The van der Waals surface area contributed by atoms with E-state index >= 15 is 0 Å². The Morgan fingerprint density at radius 3 is 2.36 bits per heavy atom. The minimum atomic E-state index is -0.375. The van der Waals surface area contributed by atoms with Crippen molar-refractivity contribution in [2.45, 2.75) is 6.54 Å². The number of rotatable bonds is 10. The molecule has 39 heavy (non-hydrogen) atoms. The lowest BCUT2D eigenvalue weighted by Crippen LogP contribution is -2.53. The minimum Gasteiger partial charge on any atom is -0.496 e. The van der Waals surface area contributed by atoms with Crippen LogP contribution in [0.25, 0.3) is 6.08 Å². The zero-order valence-electron chi connectivity index (χ0n) is 22.3. The second-order valence-electron chi connectivity index (χ2n) is 9.38. The fourth-order valence-corrected chi connectivity index (χ4v) is 4.48. The summed E-state index contributed by atoms with van der Waals surface area (Å²) in [4.78, 5) is 31.7. The van der Waals surface area contributed by atoms with Gasteiger partial charge in [0.15, 0.2) is 0 Å². The first-order valence-electron chi connectivity index (χ1n) is 13.2. The van der Waals surface area contributed by atoms with E-state index in [1.165, 1.54) is 24.3 Å². The molecule has 1 N–H and O–H groups in total. The van der Waals surface area contributed by atoms with E-state index in [1.54, 1.807) is 12.0 Å². The number of nitrogens with zero attached hydrogens (tertiary/aromatic N) is 3. The highest BCUT2D eigenvalue weighted by Crippen LogP contribution is 2.19. The van der Waals surface area contributed by atoms with E-state index in [1.807, 2.05) is 71.6 Å². The molecular formula is C31H35FN4O3. The van der Waals surface area contributed by atoms with Crippen LogP contribution in [0.15, 0.2) is 84.9 Å². The van der Waals surface area contributed by atoms with E-state index in [4.69, 9.17) is 4.74 Å². The molecule has 0 atom stereocenters. The highest BCUT2D eigenvalue weighted by molar-refractivity contribution is 5.94. The van der Waals surface area contributed by atoms with E-state index in [9.17, 15) is 14.0 Å². The molecule has 7 nitrogen and oxygen atoms in total. The summed E-state index contributed by atoms with van der Waals surface area (Å²) in [5, 5.41) is 2.99. The molecule has 0 saturated carbocycles. The Hall–Kier alpha value is -4.17. The molecule has 0 spiro atoms. The molecule has 1 aliphatic rings. The van der Waals surface area contributed by atoms with Gasteiger partial charge in [-0.25, -0.2) is 9.18 Å². The summed E-state index contributed by atoms with van der Waals surface area (Å²) in [6.45, 7) is 4.80. The Morgan fingerprint density at radius 1 is 0.949 bits per heavy atom. The molecular weight excluding hydrogens is 495 g/mol. The molecule has 8 heteroatoms. The number of urea groups is 1. The Balaban J connectivity index is 1.32. The molecule has 1 saturated heterocycles. The summed E-state index contributed by atoms with van der Waals surface area (Å²) >= 11 is 0. The number of carbonyl (C=O) groups is 2. The normalized spacial score (nSPS) is 13.8. The van der Waals surface area contributed by atoms with Gasteiger partial charge in [0.2, 0.25) is 0 Å². The van der Waals surface area contributed by atoms with Crippen LogP contribution in [0.2, 0.25) is 0 Å². The van der Waals surface area contributed by atoms with Crippen LogP contribution in [0.1, 0.15) is 21.5 Å². The second-order valence-corrected chi connectivity index (χ2v) is 9.38. The predicted molar refractivity (Wildman–Crippen MR) is 151 cm³/mol. The van der Waals surface area contributed by atoms with Crippen LogP contribution in [-0.4, -0.2) is 79.6 Å². The summed E-state index contributed by atoms with van der Waals surface area (Å²) in [5.74, 6) is 0.231. The van der Waals surface area contributed by atoms with Crippen molar-refractivity contribution >= 4 is 18.0 Å². The molecule has 0 unspecified atom stereocenters. The molecule has 0 radical (unpaired) electrons. The molecule has 4 rings (SSSR count). The summed E-state index contributed by atoms with van der Waals surface area (Å²) < 4.78 is 18.9. The largest absolute Gasteiger partial charge is 0.496 e. The molecule has 204 valence electrons. The average Bonchev–Trinajstić information content (AvgIpc) is 2.98. The molecule has 1 heterocycles. The zero-order chi connectivity index (χ0) is 27.5. The van der Waals surface area contributed by atoms with Gasteiger partial charge in [-0.3, -0.25) is 9.69 Å². The standard InChI is InChI=1S/C31H35FN4O3/c1-39-29-12-6-5-10-26(29)11-7-17-35(30(37)27-13-15-28(32)16-14-27)21-18-34-19-22-36(23-20-34)31(38)33-24-25-8-3-2-4-9-25/h2-16H,17-24H2,1H3,(H,33,38)/b11-7+.